The highest BCUT2D eigenvalue weighted by atomic mass is 79.9. The summed E-state index contributed by atoms with van der Waals surface area (Å²) in [7, 11) is 0. The number of amides is 2. The van der Waals surface area contributed by atoms with Crippen molar-refractivity contribution in [3.63, 3.8) is 0 Å². The molecule has 1 atom stereocenters. The number of nitrogens with zero attached hydrogens (tertiary/aromatic N) is 3. The van der Waals surface area contributed by atoms with Crippen LogP contribution in [0.3, 0.4) is 0 Å². The van der Waals surface area contributed by atoms with Gasteiger partial charge in [-0.25, -0.2) is 0 Å². The third-order valence-corrected chi connectivity index (χ3v) is 5.93. The molecule has 6 heteroatoms. The second kappa shape index (κ2) is 6.50. The van der Waals surface area contributed by atoms with Gasteiger partial charge in [-0.15, -0.1) is 0 Å². The van der Waals surface area contributed by atoms with Crippen molar-refractivity contribution < 1.29 is 9.59 Å². The van der Waals surface area contributed by atoms with E-state index in [9.17, 15) is 9.59 Å². The van der Waals surface area contributed by atoms with Crippen LogP contribution in [0.25, 0.3) is 0 Å². The summed E-state index contributed by atoms with van der Waals surface area (Å²) in [5.41, 5.74) is 2.71. The maximum Gasteiger partial charge on any atom is 0.233 e. The van der Waals surface area contributed by atoms with Gasteiger partial charge in [-0.3, -0.25) is 14.6 Å². The van der Waals surface area contributed by atoms with E-state index in [1.165, 1.54) is 0 Å². The monoisotopic (exact) mass is 413 g/mol. The van der Waals surface area contributed by atoms with Crippen molar-refractivity contribution in [2.45, 2.75) is 25.2 Å². The fraction of sp³-hybridized carbons (Fsp3) is 0.350. The number of aromatic nitrogens is 1. The van der Waals surface area contributed by atoms with Crippen molar-refractivity contribution in [1.29, 1.82) is 0 Å². The summed E-state index contributed by atoms with van der Waals surface area (Å²) in [5, 5.41) is 0. The molecule has 1 unspecified atom stereocenters. The Morgan fingerprint density at radius 3 is 2.77 bits per heavy atom. The van der Waals surface area contributed by atoms with Crippen LogP contribution in [0.4, 0.5) is 5.69 Å². The van der Waals surface area contributed by atoms with Crippen molar-refractivity contribution >= 4 is 33.4 Å². The van der Waals surface area contributed by atoms with Crippen molar-refractivity contribution in [2.24, 2.45) is 0 Å². The Bertz CT molecular complexity index is 871. The predicted molar refractivity (Wildman–Crippen MR) is 103 cm³/mol. The average Bonchev–Trinajstić information content (AvgIpc) is 3.19. The molecule has 2 aromatic rings. The fourth-order valence-electron chi connectivity index (χ4n) is 4.11. The first-order chi connectivity index (χ1) is 12.5. The van der Waals surface area contributed by atoms with E-state index in [0.717, 1.165) is 34.4 Å². The summed E-state index contributed by atoms with van der Waals surface area (Å²) in [6.07, 6.45) is 2.87. The van der Waals surface area contributed by atoms with Gasteiger partial charge in [0.1, 0.15) is 0 Å². The molecule has 2 amide bonds. The zero-order valence-electron chi connectivity index (χ0n) is 14.6. The molecule has 0 aliphatic carbocycles. The largest absolute Gasteiger partial charge is 0.342 e. The molecule has 1 saturated heterocycles. The normalized spacial score (nSPS) is 21.3. The van der Waals surface area contributed by atoms with E-state index in [1.807, 2.05) is 40.1 Å². The molecule has 0 saturated carbocycles. The van der Waals surface area contributed by atoms with E-state index in [4.69, 9.17) is 0 Å². The van der Waals surface area contributed by atoms with Crippen molar-refractivity contribution in [1.82, 2.24) is 9.88 Å². The molecular weight excluding hydrogens is 394 g/mol. The number of rotatable bonds is 2. The van der Waals surface area contributed by atoms with E-state index in [1.54, 1.807) is 13.1 Å². The number of anilines is 1. The molecule has 0 radical (unpaired) electrons. The van der Waals surface area contributed by atoms with E-state index in [2.05, 4.69) is 27.0 Å². The standard InChI is InChI=1S/C20H20BrN3O2/c1-14(25)23-9-7-20(12-23)13-24(18-6-5-15(21)10-17(18)20)19(26)11-16-4-2-3-8-22-16/h2-6,8,10H,7,9,11-13H2,1H3. The second-order valence-electron chi connectivity index (χ2n) is 7.11. The summed E-state index contributed by atoms with van der Waals surface area (Å²) in [6, 6.07) is 11.7. The van der Waals surface area contributed by atoms with Gasteiger partial charge in [-0.2, -0.15) is 0 Å². The lowest BCUT2D eigenvalue weighted by molar-refractivity contribution is -0.127. The molecule has 1 spiro atoms. The van der Waals surface area contributed by atoms with E-state index < -0.39 is 0 Å². The molecule has 5 nitrogen and oxygen atoms in total. The number of halogens is 1. The van der Waals surface area contributed by atoms with Crippen LogP contribution in [-0.4, -0.2) is 41.3 Å². The zero-order chi connectivity index (χ0) is 18.3. The van der Waals surface area contributed by atoms with Crippen LogP contribution in [0.1, 0.15) is 24.6 Å². The topological polar surface area (TPSA) is 53.5 Å². The summed E-state index contributed by atoms with van der Waals surface area (Å²) in [6.45, 7) is 3.64. The van der Waals surface area contributed by atoms with Gasteiger partial charge in [-0.05, 0) is 42.3 Å². The molecule has 2 aliphatic heterocycles. The molecule has 134 valence electrons. The van der Waals surface area contributed by atoms with E-state index in [0.29, 0.717) is 13.1 Å². The van der Waals surface area contributed by atoms with Crippen LogP contribution in [0, 0.1) is 0 Å². The molecule has 26 heavy (non-hydrogen) atoms. The fourth-order valence-corrected chi connectivity index (χ4v) is 4.47. The molecule has 0 N–H and O–H groups in total. The minimum Gasteiger partial charge on any atom is -0.342 e. The highest BCUT2D eigenvalue weighted by Crippen LogP contribution is 2.47. The van der Waals surface area contributed by atoms with Crippen LogP contribution in [-0.2, 0) is 21.4 Å². The van der Waals surface area contributed by atoms with Gasteiger partial charge < -0.3 is 9.80 Å². The summed E-state index contributed by atoms with van der Waals surface area (Å²) in [4.78, 5) is 32.9. The number of pyridine rings is 1. The number of hydrogen-bond acceptors (Lipinski definition) is 3. The quantitative estimate of drug-likeness (QED) is 0.760. The number of carbonyl (C=O) groups is 2. The third-order valence-electron chi connectivity index (χ3n) is 5.44. The summed E-state index contributed by atoms with van der Waals surface area (Å²) < 4.78 is 0.996. The Hall–Kier alpha value is -2.21. The first-order valence-corrected chi connectivity index (χ1v) is 9.54. The Labute approximate surface area is 161 Å². The molecule has 0 bridgehead atoms. The molecule has 2 aliphatic rings. The van der Waals surface area contributed by atoms with E-state index >= 15 is 0 Å². The molecular formula is C20H20BrN3O2. The van der Waals surface area contributed by atoms with E-state index in [-0.39, 0.29) is 23.7 Å². The van der Waals surface area contributed by atoms with Crippen LogP contribution in [0.5, 0.6) is 0 Å². The molecule has 1 fully saturated rings. The summed E-state index contributed by atoms with van der Waals surface area (Å²) >= 11 is 3.56. The highest BCUT2D eigenvalue weighted by molar-refractivity contribution is 9.10. The highest BCUT2D eigenvalue weighted by Gasteiger charge is 2.49. The third kappa shape index (κ3) is 2.92. The second-order valence-corrected chi connectivity index (χ2v) is 8.03. The smallest absolute Gasteiger partial charge is 0.233 e. The average molecular weight is 414 g/mol. The van der Waals surface area contributed by atoms with Gasteiger partial charge in [0.2, 0.25) is 11.8 Å². The molecule has 1 aromatic heterocycles. The molecule has 1 aromatic carbocycles. The predicted octanol–water partition coefficient (Wildman–Crippen LogP) is 2.92. The number of benzene rings is 1. The molecule has 3 heterocycles. The van der Waals surface area contributed by atoms with Gasteiger partial charge in [-0.1, -0.05) is 22.0 Å². The van der Waals surface area contributed by atoms with Gasteiger partial charge in [0.15, 0.2) is 0 Å². The van der Waals surface area contributed by atoms with Gasteiger partial charge in [0.05, 0.1) is 6.42 Å². The van der Waals surface area contributed by atoms with Gasteiger partial charge in [0.25, 0.3) is 0 Å². The van der Waals surface area contributed by atoms with Crippen molar-refractivity contribution in [2.75, 3.05) is 24.5 Å². The zero-order valence-corrected chi connectivity index (χ0v) is 16.2. The van der Waals surface area contributed by atoms with Crippen LogP contribution >= 0.6 is 15.9 Å². The van der Waals surface area contributed by atoms with Crippen molar-refractivity contribution in [3.8, 4) is 0 Å². The van der Waals surface area contributed by atoms with Crippen molar-refractivity contribution in [3.05, 3.63) is 58.3 Å². The maximum atomic E-state index is 13.0. The van der Waals surface area contributed by atoms with Gasteiger partial charge >= 0.3 is 0 Å². The SMILES string of the molecule is CC(=O)N1CCC2(C1)CN(C(=O)Cc1ccccn1)c1ccc(Br)cc12. The number of likely N-dealkylation sites (tertiary alicyclic amines) is 1. The summed E-state index contributed by atoms with van der Waals surface area (Å²) in [5.74, 6) is 0.141. The Morgan fingerprint density at radius 2 is 2.08 bits per heavy atom. The first kappa shape index (κ1) is 17.2. The Morgan fingerprint density at radius 1 is 1.23 bits per heavy atom. The first-order valence-electron chi connectivity index (χ1n) is 8.74. The molecule has 4 rings (SSSR count). The Kier molecular flexibility index (Phi) is 4.31. The lowest BCUT2D eigenvalue weighted by atomic mass is 9.81. The maximum absolute atomic E-state index is 13.0. The lowest BCUT2D eigenvalue weighted by Gasteiger charge is -2.25. The van der Waals surface area contributed by atoms with Gasteiger partial charge in [0, 0.05) is 54.0 Å². The number of hydrogen-bond donors (Lipinski definition) is 0. The number of carbonyl (C=O) groups excluding carboxylic acids is 2. The minimum absolute atomic E-state index is 0.0467. The lowest BCUT2D eigenvalue weighted by Crippen LogP contribution is -2.40. The van der Waals surface area contributed by atoms with Crippen LogP contribution < -0.4 is 4.90 Å². The number of fused-ring (bicyclic) bond motifs is 2. The Balaban J connectivity index is 1.66. The minimum atomic E-state index is -0.176. The van der Waals surface area contributed by atoms with Crippen LogP contribution in [0.2, 0.25) is 0 Å². The van der Waals surface area contributed by atoms with Crippen LogP contribution in [0.15, 0.2) is 47.1 Å².